The molecule has 2 aromatic heterocycles. The quantitative estimate of drug-likeness (QED) is 0.754. The minimum absolute atomic E-state index is 0.00621. The number of carbonyl (C=O) groups is 2. The zero-order chi connectivity index (χ0) is 17.2. The van der Waals surface area contributed by atoms with Crippen LogP contribution in [0.1, 0.15) is 5.69 Å². The Labute approximate surface area is 147 Å². The summed E-state index contributed by atoms with van der Waals surface area (Å²) in [6.07, 6.45) is 4.00. The Bertz CT molecular complexity index is 933. The topological polar surface area (TPSA) is 85.3 Å². The Morgan fingerprint density at radius 1 is 1.36 bits per heavy atom. The third-order valence-electron chi connectivity index (χ3n) is 3.60. The highest BCUT2D eigenvalue weighted by atomic mass is 32.1. The standard InChI is InChI=1S/C17H14N4O3S/c22-15(8-12-10-25-17(19-12)21-5-1-2-6-21)18-11-3-4-14-13(7-11)20-16(23)9-24-14/h1-7,10H,8-9H2,(H,18,22)(H,20,23). The number of thiazole rings is 1. The van der Waals surface area contributed by atoms with E-state index in [1.807, 2.05) is 34.5 Å². The van der Waals surface area contributed by atoms with Crippen molar-refractivity contribution in [1.82, 2.24) is 9.55 Å². The Hall–Kier alpha value is -3.13. The predicted octanol–water partition coefficient (Wildman–Crippen LogP) is 2.45. The van der Waals surface area contributed by atoms with Crippen LogP contribution in [0.2, 0.25) is 0 Å². The lowest BCUT2D eigenvalue weighted by Gasteiger charge is -2.18. The first-order valence-electron chi connectivity index (χ1n) is 7.62. The van der Waals surface area contributed by atoms with Crippen LogP contribution in [-0.4, -0.2) is 28.0 Å². The molecule has 3 heterocycles. The molecule has 2 amide bonds. The van der Waals surface area contributed by atoms with Gasteiger partial charge in [-0.25, -0.2) is 4.98 Å². The minimum atomic E-state index is -0.212. The van der Waals surface area contributed by atoms with E-state index in [0.717, 1.165) is 5.13 Å². The van der Waals surface area contributed by atoms with Crippen molar-refractivity contribution in [1.29, 1.82) is 0 Å². The van der Waals surface area contributed by atoms with Gasteiger partial charge < -0.3 is 19.9 Å². The van der Waals surface area contributed by atoms with Crippen LogP contribution in [-0.2, 0) is 16.0 Å². The van der Waals surface area contributed by atoms with Gasteiger partial charge in [0.25, 0.3) is 5.91 Å². The normalized spacial score (nSPS) is 12.9. The fourth-order valence-electron chi connectivity index (χ4n) is 2.49. The summed E-state index contributed by atoms with van der Waals surface area (Å²) in [6.45, 7) is 0.00621. The van der Waals surface area contributed by atoms with Gasteiger partial charge in [0, 0.05) is 23.5 Å². The number of hydrogen-bond donors (Lipinski definition) is 2. The molecule has 0 bridgehead atoms. The number of benzene rings is 1. The Morgan fingerprint density at radius 2 is 2.20 bits per heavy atom. The molecule has 0 aliphatic carbocycles. The number of rotatable bonds is 4. The average molecular weight is 354 g/mol. The third kappa shape index (κ3) is 3.38. The maximum atomic E-state index is 12.2. The van der Waals surface area contributed by atoms with E-state index in [0.29, 0.717) is 22.8 Å². The van der Waals surface area contributed by atoms with Gasteiger partial charge in [0.15, 0.2) is 11.7 Å². The molecular formula is C17H14N4O3S. The van der Waals surface area contributed by atoms with Crippen LogP contribution in [0.15, 0.2) is 48.1 Å². The van der Waals surface area contributed by atoms with Crippen molar-refractivity contribution < 1.29 is 14.3 Å². The van der Waals surface area contributed by atoms with Crippen molar-refractivity contribution in [2.45, 2.75) is 6.42 Å². The Balaban J connectivity index is 1.42. The van der Waals surface area contributed by atoms with Crippen LogP contribution in [0.25, 0.3) is 5.13 Å². The molecule has 8 heteroatoms. The number of hydrogen-bond acceptors (Lipinski definition) is 5. The number of amides is 2. The van der Waals surface area contributed by atoms with E-state index in [1.165, 1.54) is 11.3 Å². The molecule has 1 aromatic carbocycles. The van der Waals surface area contributed by atoms with E-state index >= 15 is 0 Å². The molecule has 0 unspecified atom stereocenters. The molecule has 1 aliphatic rings. The molecule has 0 spiro atoms. The van der Waals surface area contributed by atoms with Crippen molar-refractivity contribution >= 4 is 34.5 Å². The first kappa shape index (κ1) is 15.4. The summed E-state index contributed by atoms with van der Waals surface area (Å²) < 4.78 is 7.19. The largest absolute Gasteiger partial charge is 0.482 e. The van der Waals surface area contributed by atoms with Crippen LogP contribution in [0.5, 0.6) is 5.75 Å². The van der Waals surface area contributed by atoms with E-state index in [-0.39, 0.29) is 24.8 Å². The molecule has 0 radical (unpaired) electrons. The highest BCUT2D eigenvalue weighted by molar-refractivity contribution is 7.12. The summed E-state index contributed by atoms with van der Waals surface area (Å²) in [6, 6.07) is 8.98. The molecule has 0 atom stereocenters. The minimum Gasteiger partial charge on any atom is -0.482 e. The predicted molar refractivity (Wildman–Crippen MR) is 94.3 cm³/mol. The lowest BCUT2D eigenvalue weighted by molar-refractivity contribution is -0.118. The number of fused-ring (bicyclic) bond motifs is 1. The van der Waals surface area contributed by atoms with Crippen molar-refractivity contribution in [2.75, 3.05) is 17.2 Å². The third-order valence-corrected chi connectivity index (χ3v) is 4.51. The first-order valence-corrected chi connectivity index (χ1v) is 8.50. The molecule has 3 aromatic rings. The first-order chi connectivity index (χ1) is 12.2. The highest BCUT2D eigenvalue weighted by Crippen LogP contribution is 2.30. The summed E-state index contributed by atoms with van der Waals surface area (Å²) in [5, 5.41) is 8.22. The lowest BCUT2D eigenvalue weighted by Crippen LogP contribution is -2.25. The van der Waals surface area contributed by atoms with Crippen LogP contribution >= 0.6 is 11.3 Å². The van der Waals surface area contributed by atoms with E-state index < -0.39 is 0 Å². The van der Waals surface area contributed by atoms with Gasteiger partial charge in [-0.1, -0.05) is 0 Å². The van der Waals surface area contributed by atoms with E-state index in [9.17, 15) is 9.59 Å². The van der Waals surface area contributed by atoms with Crippen LogP contribution in [0.3, 0.4) is 0 Å². The molecule has 2 N–H and O–H groups in total. The summed E-state index contributed by atoms with van der Waals surface area (Å²) in [4.78, 5) is 28.1. The SMILES string of the molecule is O=C(Cc1csc(-n2cccc2)n1)Nc1ccc2c(c1)NC(=O)CO2. The molecule has 126 valence electrons. The van der Waals surface area contributed by atoms with Gasteiger partial charge in [-0.05, 0) is 30.3 Å². The van der Waals surface area contributed by atoms with Gasteiger partial charge in [-0.2, -0.15) is 0 Å². The van der Waals surface area contributed by atoms with Crippen molar-refractivity contribution in [3.05, 3.63) is 53.8 Å². The second kappa shape index (κ2) is 6.40. The van der Waals surface area contributed by atoms with Gasteiger partial charge in [0.2, 0.25) is 5.91 Å². The summed E-state index contributed by atoms with van der Waals surface area (Å²) in [5.74, 6) is 0.205. The molecule has 4 rings (SSSR count). The number of nitrogens with one attached hydrogen (secondary N) is 2. The number of ether oxygens (including phenoxy) is 1. The number of carbonyl (C=O) groups excluding carboxylic acids is 2. The van der Waals surface area contributed by atoms with E-state index in [1.54, 1.807) is 18.2 Å². The monoisotopic (exact) mass is 354 g/mol. The zero-order valence-electron chi connectivity index (χ0n) is 13.1. The smallest absolute Gasteiger partial charge is 0.262 e. The van der Waals surface area contributed by atoms with Crippen LogP contribution < -0.4 is 15.4 Å². The summed E-state index contributed by atoms with van der Waals surface area (Å²) in [7, 11) is 0. The molecule has 7 nitrogen and oxygen atoms in total. The Kier molecular flexibility index (Phi) is 3.95. The summed E-state index contributed by atoms with van der Waals surface area (Å²) >= 11 is 1.48. The molecule has 0 saturated carbocycles. The van der Waals surface area contributed by atoms with Gasteiger partial charge in [-0.3, -0.25) is 9.59 Å². The van der Waals surface area contributed by atoms with Gasteiger partial charge in [0.1, 0.15) is 5.75 Å². The van der Waals surface area contributed by atoms with Crippen molar-refractivity contribution in [2.24, 2.45) is 0 Å². The molecular weight excluding hydrogens is 340 g/mol. The summed E-state index contributed by atoms with van der Waals surface area (Å²) in [5.41, 5.74) is 1.86. The fourth-order valence-corrected chi connectivity index (χ4v) is 3.28. The van der Waals surface area contributed by atoms with Crippen LogP contribution in [0, 0.1) is 0 Å². The zero-order valence-corrected chi connectivity index (χ0v) is 13.9. The number of anilines is 2. The lowest BCUT2D eigenvalue weighted by atomic mass is 10.2. The van der Waals surface area contributed by atoms with E-state index in [2.05, 4.69) is 15.6 Å². The fraction of sp³-hybridized carbons (Fsp3) is 0.118. The van der Waals surface area contributed by atoms with Gasteiger partial charge >= 0.3 is 0 Å². The molecule has 0 fully saturated rings. The molecule has 25 heavy (non-hydrogen) atoms. The van der Waals surface area contributed by atoms with Crippen molar-refractivity contribution in [3.63, 3.8) is 0 Å². The van der Waals surface area contributed by atoms with Crippen molar-refractivity contribution in [3.8, 4) is 10.9 Å². The molecule has 0 saturated heterocycles. The highest BCUT2D eigenvalue weighted by Gasteiger charge is 2.16. The second-order valence-corrected chi connectivity index (χ2v) is 6.32. The molecule has 1 aliphatic heterocycles. The van der Waals surface area contributed by atoms with Gasteiger partial charge in [0.05, 0.1) is 17.8 Å². The Morgan fingerprint density at radius 3 is 3.04 bits per heavy atom. The number of aromatic nitrogens is 2. The maximum absolute atomic E-state index is 12.2. The van der Waals surface area contributed by atoms with Crippen LogP contribution in [0.4, 0.5) is 11.4 Å². The van der Waals surface area contributed by atoms with E-state index in [4.69, 9.17) is 4.74 Å². The van der Waals surface area contributed by atoms with Gasteiger partial charge in [-0.15, -0.1) is 11.3 Å². The second-order valence-electron chi connectivity index (χ2n) is 5.48. The maximum Gasteiger partial charge on any atom is 0.262 e. The average Bonchev–Trinajstić information content (AvgIpc) is 3.25. The number of nitrogens with zero attached hydrogens (tertiary/aromatic N) is 2.